The number of halogens is 2. The third-order valence-electron chi connectivity index (χ3n) is 4.32. The number of aryl methyl sites for hydroxylation is 1. The summed E-state index contributed by atoms with van der Waals surface area (Å²) in [6, 6.07) is 5.39. The van der Waals surface area contributed by atoms with E-state index in [1.165, 1.54) is 0 Å². The van der Waals surface area contributed by atoms with Gasteiger partial charge in [0.05, 0.1) is 6.10 Å². The minimum atomic E-state index is -2.83. The lowest BCUT2D eigenvalue weighted by atomic mass is 9.68. The zero-order valence-corrected chi connectivity index (χ0v) is 11.6. The molecule has 0 saturated heterocycles. The maximum Gasteiger partial charge on any atom is 0.387 e. The minimum Gasteiger partial charge on any atom is -0.435 e. The highest BCUT2D eigenvalue weighted by molar-refractivity contribution is 5.40. The van der Waals surface area contributed by atoms with Crippen LogP contribution in [-0.2, 0) is 5.41 Å². The molecule has 0 aromatic heterocycles. The van der Waals surface area contributed by atoms with Crippen LogP contribution in [0.1, 0.15) is 36.8 Å². The van der Waals surface area contributed by atoms with Gasteiger partial charge in [0.2, 0.25) is 0 Å². The number of hydrogen-bond donors (Lipinski definition) is 2. The van der Waals surface area contributed by atoms with E-state index in [-0.39, 0.29) is 17.3 Å². The van der Waals surface area contributed by atoms with Gasteiger partial charge in [-0.2, -0.15) is 8.78 Å². The Balaban J connectivity index is 2.30. The van der Waals surface area contributed by atoms with Crippen molar-refractivity contribution < 1.29 is 18.6 Å². The molecule has 0 spiro atoms. The lowest BCUT2D eigenvalue weighted by Gasteiger charge is -2.38. The first-order valence-electron chi connectivity index (χ1n) is 6.91. The van der Waals surface area contributed by atoms with Crippen molar-refractivity contribution in [1.29, 1.82) is 0 Å². The van der Waals surface area contributed by atoms with E-state index in [0.29, 0.717) is 24.9 Å². The van der Waals surface area contributed by atoms with Crippen LogP contribution >= 0.6 is 0 Å². The fraction of sp³-hybridized carbons (Fsp3) is 0.600. The fourth-order valence-electron chi connectivity index (χ4n) is 2.92. The highest BCUT2D eigenvalue weighted by atomic mass is 19.3. The average molecular weight is 285 g/mol. The van der Waals surface area contributed by atoms with Crippen LogP contribution in [0.2, 0.25) is 0 Å². The van der Waals surface area contributed by atoms with Crippen molar-refractivity contribution in [3.05, 3.63) is 29.3 Å². The Morgan fingerprint density at radius 3 is 2.60 bits per heavy atom. The third-order valence-corrected chi connectivity index (χ3v) is 4.32. The number of alkyl halides is 2. The molecule has 0 radical (unpaired) electrons. The van der Waals surface area contributed by atoms with Crippen molar-refractivity contribution >= 4 is 0 Å². The first kappa shape index (κ1) is 15.2. The zero-order chi connectivity index (χ0) is 14.8. The zero-order valence-electron chi connectivity index (χ0n) is 11.6. The maximum absolute atomic E-state index is 12.4. The lowest BCUT2D eigenvalue weighted by Crippen LogP contribution is -2.40. The first-order chi connectivity index (χ1) is 9.47. The summed E-state index contributed by atoms with van der Waals surface area (Å²) in [5, 5.41) is 9.64. The minimum absolute atomic E-state index is 0.205. The number of aliphatic hydroxyl groups is 1. The third kappa shape index (κ3) is 3.10. The van der Waals surface area contributed by atoms with Crippen LogP contribution in [0.5, 0.6) is 5.75 Å². The molecule has 1 saturated carbocycles. The summed E-state index contributed by atoms with van der Waals surface area (Å²) in [6.07, 6.45) is 2.63. The van der Waals surface area contributed by atoms with Crippen LogP contribution in [0, 0.1) is 6.92 Å². The molecule has 0 unspecified atom stereocenters. The van der Waals surface area contributed by atoms with Crippen molar-refractivity contribution in [3.8, 4) is 5.75 Å². The Bertz CT molecular complexity index is 457. The van der Waals surface area contributed by atoms with Crippen LogP contribution in [0.4, 0.5) is 8.78 Å². The summed E-state index contributed by atoms with van der Waals surface area (Å²) in [4.78, 5) is 0. The van der Waals surface area contributed by atoms with Gasteiger partial charge in [-0.25, -0.2) is 0 Å². The molecule has 0 amide bonds. The molecule has 20 heavy (non-hydrogen) atoms. The molecule has 3 N–H and O–H groups in total. The summed E-state index contributed by atoms with van der Waals surface area (Å²) in [7, 11) is 0. The van der Waals surface area contributed by atoms with E-state index < -0.39 is 6.61 Å². The molecule has 0 aliphatic heterocycles. The number of benzene rings is 1. The normalized spacial score (nSPS) is 26.8. The lowest BCUT2D eigenvalue weighted by molar-refractivity contribution is -0.0504. The van der Waals surface area contributed by atoms with Crippen LogP contribution in [0.25, 0.3) is 0 Å². The summed E-state index contributed by atoms with van der Waals surface area (Å²) in [6.45, 7) is -0.649. The van der Waals surface area contributed by atoms with Crippen LogP contribution in [0.15, 0.2) is 18.2 Å². The summed E-state index contributed by atoms with van der Waals surface area (Å²) < 4.78 is 29.4. The molecule has 112 valence electrons. The Morgan fingerprint density at radius 2 is 2.05 bits per heavy atom. The number of nitrogens with two attached hydrogens (primary N) is 1. The Hall–Kier alpha value is -1.20. The van der Waals surface area contributed by atoms with Crippen molar-refractivity contribution in [2.75, 3.05) is 6.54 Å². The van der Waals surface area contributed by atoms with E-state index in [0.717, 1.165) is 18.4 Å². The van der Waals surface area contributed by atoms with Crippen molar-refractivity contribution in [2.45, 2.75) is 50.7 Å². The summed E-state index contributed by atoms with van der Waals surface area (Å²) >= 11 is 0. The van der Waals surface area contributed by atoms with Crippen molar-refractivity contribution in [3.63, 3.8) is 0 Å². The smallest absolute Gasteiger partial charge is 0.387 e. The van der Waals surface area contributed by atoms with Gasteiger partial charge in [0.1, 0.15) is 5.75 Å². The Labute approximate surface area is 117 Å². The molecule has 1 aromatic rings. The second-order valence-corrected chi connectivity index (χ2v) is 5.57. The molecule has 1 aromatic carbocycles. The molecule has 0 bridgehead atoms. The SMILES string of the molecule is Cc1ccc(C2(CN)CCC(O)CC2)cc1OC(F)F. The van der Waals surface area contributed by atoms with Crippen LogP contribution < -0.4 is 10.5 Å². The fourth-order valence-corrected chi connectivity index (χ4v) is 2.92. The molecule has 1 aliphatic rings. The molecule has 3 nitrogen and oxygen atoms in total. The van der Waals surface area contributed by atoms with Gasteiger partial charge < -0.3 is 15.6 Å². The number of rotatable bonds is 4. The molecule has 1 fully saturated rings. The number of ether oxygens (including phenoxy) is 1. The monoisotopic (exact) mass is 285 g/mol. The van der Waals surface area contributed by atoms with E-state index >= 15 is 0 Å². The summed E-state index contributed by atoms with van der Waals surface area (Å²) in [5.74, 6) is 0.205. The van der Waals surface area contributed by atoms with E-state index in [9.17, 15) is 13.9 Å². The van der Waals surface area contributed by atoms with Gasteiger partial charge in [-0.05, 0) is 49.8 Å². The molecule has 1 aliphatic carbocycles. The Morgan fingerprint density at radius 1 is 1.40 bits per heavy atom. The molecular weight excluding hydrogens is 264 g/mol. The van der Waals surface area contributed by atoms with Crippen molar-refractivity contribution in [2.24, 2.45) is 5.73 Å². The number of hydrogen-bond acceptors (Lipinski definition) is 3. The second kappa shape index (κ2) is 6.06. The number of aliphatic hydroxyl groups excluding tert-OH is 1. The topological polar surface area (TPSA) is 55.5 Å². The Kier molecular flexibility index (Phi) is 4.60. The average Bonchev–Trinajstić information content (AvgIpc) is 2.42. The molecular formula is C15H21F2NO2. The van der Waals surface area contributed by atoms with E-state index in [1.54, 1.807) is 19.1 Å². The van der Waals surface area contributed by atoms with Gasteiger partial charge in [0.25, 0.3) is 0 Å². The van der Waals surface area contributed by atoms with E-state index in [2.05, 4.69) is 4.74 Å². The predicted molar refractivity (Wildman–Crippen MR) is 73.0 cm³/mol. The van der Waals surface area contributed by atoms with Gasteiger partial charge in [0.15, 0.2) is 0 Å². The van der Waals surface area contributed by atoms with E-state index in [1.807, 2.05) is 6.07 Å². The largest absolute Gasteiger partial charge is 0.435 e. The molecule has 5 heteroatoms. The van der Waals surface area contributed by atoms with Crippen LogP contribution in [0.3, 0.4) is 0 Å². The molecule has 2 rings (SSSR count). The molecule has 0 heterocycles. The van der Waals surface area contributed by atoms with E-state index in [4.69, 9.17) is 5.73 Å². The van der Waals surface area contributed by atoms with Gasteiger partial charge in [0, 0.05) is 12.0 Å². The molecule has 0 atom stereocenters. The quantitative estimate of drug-likeness (QED) is 0.894. The standard InChI is InChI=1S/C15H21F2NO2/c1-10-2-3-11(8-13(10)20-14(16)17)15(9-18)6-4-12(19)5-7-15/h2-3,8,12,14,19H,4-7,9,18H2,1H3. The van der Waals surface area contributed by atoms with Gasteiger partial charge in [-0.15, -0.1) is 0 Å². The van der Waals surface area contributed by atoms with Crippen molar-refractivity contribution in [1.82, 2.24) is 0 Å². The van der Waals surface area contributed by atoms with Gasteiger partial charge in [-0.3, -0.25) is 0 Å². The van der Waals surface area contributed by atoms with Gasteiger partial charge in [-0.1, -0.05) is 12.1 Å². The van der Waals surface area contributed by atoms with Gasteiger partial charge >= 0.3 is 6.61 Å². The first-order valence-corrected chi connectivity index (χ1v) is 6.91. The second-order valence-electron chi connectivity index (χ2n) is 5.57. The maximum atomic E-state index is 12.4. The predicted octanol–water partition coefficient (Wildman–Crippen LogP) is 2.73. The summed E-state index contributed by atoms with van der Waals surface area (Å²) in [5.41, 5.74) is 7.29. The van der Waals surface area contributed by atoms with Crippen LogP contribution in [-0.4, -0.2) is 24.4 Å². The highest BCUT2D eigenvalue weighted by Crippen LogP contribution is 2.40. The highest BCUT2D eigenvalue weighted by Gasteiger charge is 2.35.